The van der Waals surface area contributed by atoms with E-state index in [1.54, 1.807) is 0 Å². The third kappa shape index (κ3) is 1.54. The lowest BCUT2D eigenvalue weighted by molar-refractivity contribution is 0.308. The minimum absolute atomic E-state index is 0.0650. The number of fused-ring (bicyclic) bond motifs is 1. The normalized spacial score (nSPS) is 16.9. The number of nitrogens with two attached hydrogens (primary N) is 1. The van der Waals surface area contributed by atoms with Gasteiger partial charge < -0.3 is 15.0 Å². The lowest BCUT2D eigenvalue weighted by atomic mass is 10.0. The summed E-state index contributed by atoms with van der Waals surface area (Å²) >= 11 is 0. The van der Waals surface area contributed by atoms with Gasteiger partial charge in [-0.05, 0) is 16.4 Å². The van der Waals surface area contributed by atoms with Crippen LogP contribution in [0, 0.1) is 0 Å². The van der Waals surface area contributed by atoms with Gasteiger partial charge in [-0.15, -0.1) is 0 Å². The Balaban J connectivity index is 1.72. The highest BCUT2D eigenvalue weighted by Crippen LogP contribution is 2.37. The first kappa shape index (κ1) is 11.0. The van der Waals surface area contributed by atoms with Crippen molar-refractivity contribution in [2.45, 2.75) is 5.92 Å². The molecule has 1 aliphatic rings. The summed E-state index contributed by atoms with van der Waals surface area (Å²) in [4.78, 5) is 4.29. The predicted molar refractivity (Wildman–Crippen MR) is 65.8 cm³/mol. The van der Waals surface area contributed by atoms with E-state index in [9.17, 15) is 0 Å². The van der Waals surface area contributed by atoms with Crippen LogP contribution in [0.4, 0.5) is 5.82 Å². The molecule has 100 valence electrons. The summed E-state index contributed by atoms with van der Waals surface area (Å²) in [5.74, 6) is 1.59. The van der Waals surface area contributed by atoms with Crippen LogP contribution in [-0.4, -0.2) is 27.1 Å². The van der Waals surface area contributed by atoms with Crippen molar-refractivity contribution in [3.05, 3.63) is 35.7 Å². The van der Waals surface area contributed by atoms with E-state index < -0.39 is 0 Å². The van der Waals surface area contributed by atoms with Crippen molar-refractivity contribution >= 4 is 5.82 Å². The molecule has 0 aliphatic carbocycles. The Bertz CT molecular complexity index is 766. The zero-order valence-corrected chi connectivity index (χ0v) is 10.2. The topological polar surface area (TPSA) is 113 Å². The Hall–Kier alpha value is -2.90. The first-order valence-corrected chi connectivity index (χ1v) is 5.96. The Morgan fingerprint density at radius 1 is 1.15 bits per heavy atom. The van der Waals surface area contributed by atoms with Crippen molar-refractivity contribution in [1.29, 1.82) is 0 Å². The first-order valence-electron chi connectivity index (χ1n) is 5.96. The van der Waals surface area contributed by atoms with Gasteiger partial charge in [0, 0.05) is 5.56 Å². The fraction of sp³-hybridized carbons (Fsp3) is 0.167. The van der Waals surface area contributed by atoms with Crippen LogP contribution in [0.15, 0.2) is 33.4 Å². The molecule has 1 aliphatic heterocycles. The monoisotopic (exact) mass is 271 g/mol. The smallest absolute Gasteiger partial charge is 0.284 e. The van der Waals surface area contributed by atoms with Crippen LogP contribution in [0.25, 0.3) is 11.6 Å². The lowest BCUT2D eigenvalue weighted by Gasteiger charge is -2.01. The summed E-state index contributed by atoms with van der Waals surface area (Å²) in [6, 6.07) is 7.76. The maximum Gasteiger partial charge on any atom is 0.284 e. The largest absolute Gasteiger partial charge is 0.492 e. The molecular formula is C12H9N5O3. The summed E-state index contributed by atoms with van der Waals surface area (Å²) in [5, 5.41) is 11.1. The summed E-state index contributed by atoms with van der Waals surface area (Å²) in [6.07, 6.45) is 0. The number of aromatic nitrogens is 4. The first-order chi connectivity index (χ1) is 9.83. The van der Waals surface area contributed by atoms with Gasteiger partial charge >= 0.3 is 0 Å². The molecule has 0 radical (unpaired) electrons. The van der Waals surface area contributed by atoms with Crippen molar-refractivity contribution in [3.63, 3.8) is 0 Å². The second-order valence-corrected chi connectivity index (χ2v) is 4.36. The van der Waals surface area contributed by atoms with Crippen molar-refractivity contribution in [2.24, 2.45) is 0 Å². The van der Waals surface area contributed by atoms with E-state index >= 15 is 0 Å². The van der Waals surface area contributed by atoms with E-state index in [4.69, 9.17) is 15.0 Å². The molecule has 8 heteroatoms. The zero-order chi connectivity index (χ0) is 13.5. The molecule has 1 atom stereocenters. The molecule has 1 unspecified atom stereocenters. The maximum absolute atomic E-state index is 5.60. The van der Waals surface area contributed by atoms with Gasteiger partial charge in [0.25, 0.3) is 5.89 Å². The lowest BCUT2D eigenvalue weighted by Crippen LogP contribution is -2.04. The van der Waals surface area contributed by atoms with Crippen molar-refractivity contribution in [1.82, 2.24) is 20.5 Å². The molecule has 0 saturated carbocycles. The van der Waals surface area contributed by atoms with Crippen molar-refractivity contribution < 1.29 is 13.9 Å². The Morgan fingerprint density at radius 3 is 2.90 bits per heavy atom. The molecule has 4 rings (SSSR count). The molecule has 3 heterocycles. The average Bonchev–Trinajstić information content (AvgIpc) is 3.15. The van der Waals surface area contributed by atoms with Gasteiger partial charge in [-0.3, -0.25) is 0 Å². The number of nitrogens with zero attached hydrogens (tertiary/aromatic N) is 4. The van der Waals surface area contributed by atoms with E-state index in [-0.39, 0.29) is 23.3 Å². The summed E-state index contributed by atoms with van der Waals surface area (Å²) in [5.41, 5.74) is 6.87. The number of nitrogen functional groups attached to an aromatic ring is 1. The van der Waals surface area contributed by atoms with Crippen LogP contribution in [0.5, 0.6) is 5.75 Å². The van der Waals surface area contributed by atoms with Crippen LogP contribution in [0.2, 0.25) is 0 Å². The summed E-state index contributed by atoms with van der Waals surface area (Å²) in [6.45, 7) is 0.477. The highest BCUT2D eigenvalue weighted by atomic mass is 16.6. The number of hydrogen-bond acceptors (Lipinski definition) is 8. The van der Waals surface area contributed by atoms with Crippen LogP contribution < -0.4 is 10.5 Å². The number of ether oxygens (including phenoxy) is 1. The van der Waals surface area contributed by atoms with E-state index in [0.29, 0.717) is 12.4 Å². The fourth-order valence-corrected chi connectivity index (χ4v) is 2.19. The second-order valence-electron chi connectivity index (χ2n) is 4.36. The third-order valence-corrected chi connectivity index (χ3v) is 3.17. The zero-order valence-electron chi connectivity index (χ0n) is 10.2. The Morgan fingerprint density at radius 2 is 2.05 bits per heavy atom. The van der Waals surface area contributed by atoms with Gasteiger partial charge in [0.05, 0.1) is 5.92 Å². The molecule has 0 spiro atoms. The molecule has 0 bridgehead atoms. The van der Waals surface area contributed by atoms with Crippen LogP contribution in [0.1, 0.15) is 17.3 Å². The molecule has 1 aromatic carbocycles. The van der Waals surface area contributed by atoms with Gasteiger partial charge in [-0.1, -0.05) is 23.4 Å². The van der Waals surface area contributed by atoms with Gasteiger partial charge in [-0.2, -0.15) is 4.98 Å². The van der Waals surface area contributed by atoms with Crippen molar-refractivity contribution in [2.75, 3.05) is 12.3 Å². The standard InChI is InChI=1S/C12H9N5O3/c13-10-9(15-20-16-10)12-14-11(17-19-12)7-5-18-8-4-2-1-3-6(7)8/h1-4,7H,5H2,(H2,13,16). The number of anilines is 1. The molecule has 2 aromatic heterocycles. The maximum atomic E-state index is 5.60. The van der Waals surface area contributed by atoms with Gasteiger partial charge in [0.1, 0.15) is 12.4 Å². The summed E-state index contributed by atoms with van der Waals surface area (Å²) < 4.78 is 15.3. The summed E-state index contributed by atoms with van der Waals surface area (Å²) in [7, 11) is 0. The minimum atomic E-state index is -0.0650. The number of rotatable bonds is 2. The molecule has 20 heavy (non-hydrogen) atoms. The molecule has 0 fully saturated rings. The predicted octanol–water partition coefficient (Wildman–Crippen LogP) is 1.23. The molecule has 2 N–H and O–H groups in total. The Labute approximate surface area is 112 Å². The molecule has 3 aromatic rings. The third-order valence-electron chi connectivity index (χ3n) is 3.17. The molecule has 8 nitrogen and oxygen atoms in total. The fourth-order valence-electron chi connectivity index (χ4n) is 2.19. The molecule has 0 saturated heterocycles. The van der Waals surface area contributed by atoms with E-state index in [1.807, 2.05) is 24.3 Å². The van der Waals surface area contributed by atoms with E-state index in [2.05, 4.69) is 25.1 Å². The number of hydrogen-bond donors (Lipinski definition) is 1. The molecular weight excluding hydrogens is 262 g/mol. The molecule has 0 amide bonds. The average molecular weight is 271 g/mol. The van der Waals surface area contributed by atoms with Gasteiger partial charge in [-0.25, -0.2) is 4.63 Å². The number of benzene rings is 1. The van der Waals surface area contributed by atoms with E-state index in [1.165, 1.54) is 0 Å². The highest BCUT2D eigenvalue weighted by molar-refractivity contribution is 5.60. The quantitative estimate of drug-likeness (QED) is 0.740. The van der Waals surface area contributed by atoms with Crippen LogP contribution >= 0.6 is 0 Å². The van der Waals surface area contributed by atoms with Crippen LogP contribution in [-0.2, 0) is 0 Å². The van der Waals surface area contributed by atoms with Gasteiger partial charge in [0.2, 0.25) is 11.5 Å². The Kier molecular flexibility index (Phi) is 2.22. The SMILES string of the molecule is Nc1nonc1-c1nc(C2COc3ccccc32)no1. The second kappa shape index (κ2) is 4.05. The van der Waals surface area contributed by atoms with E-state index in [0.717, 1.165) is 11.3 Å². The van der Waals surface area contributed by atoms with Gasteiger partial charge in [0.15, 0.2) is 5.82 Å². The number of para-hydroxylation sites is 1. The minimum Gasteiger partial charge on any atom is -0.492 e. The van der Waals surface area contributed by atoms with Crippen LogP contribution in [0.3, 0.4) is 0 Å². The van der Waals surface area contributed by atoms with Crippen molar-refractivity contribution in [3.8, 4) is 17.3 Å². The highest BCUT2D eigenvalue weighted by Gasteiger charge is 2.30.